The minimum absolute atomic E-state index is 0.01000. The lowest BCUT2D eigenvalue weighted by Gasteiger charge is -2.33. The van der Waals surface area contributed by atoms with Crippen LogP contribution in [-0.4, -0.2) is 58.5 Å². The maximum atomic E-state index is 14.1. The summed E-state index contributed by atoms with van der Waals surface area (Å²) in [7, 11) is -1.19. The molecule has 0 unspecified atom stereocenters. The lowest BCUT2D eigenvalue weighted by molar-refractivity contribution is -0.140. The van der Waals surface area contributed by atoms with E-state index in [0.717, 1.165) is 22.7 Å². The smallest absolute Gasteiger partial charge is 0.264 e. The normalized spacial score (nSPS) is 11.8. The van der Waals surface area contributed by atoms with Crippen LogP contribution < -0.4 is 19.1 Å². The number of rotatable bonds is 15. The zero-order valence-corrected chi connectivity index (χ0v) is 26.0. The van der Waals surface area contributed by atoms with Gasteiger partial charge in [0, 0.05) is 13.1 Å². The minimum atomic E-state index is -4.20. The molecule has 0 fully saturated rings. The van der Waals surface area contributed by atoms with Crippen molar-refractivity contribution in [3.8, 4) is 11.5 Å². The van der Waals surface area contributed by atoms with Gasteiger partial charge in [0.15, 0.2) is 0 Å². The van der Waals surface area contributed by atoms with Crippen LogP contribution in [0.2, 0.25) is 5.02 Å². The van der Waals surface area contributed by atoms with Gasteiger partial charge in [0.1, 0.15) is 24.1 Å². The monoisotopic (exact) mass is 615 g/mol. The molecule has 226 valence electrons. The van der Waals surface area contributed by atoms with Crippen LogP contribution in [0, 0.1) is 0 Å². The Hall–Kier alpha value is -3.76. The van der Waals surface area contributed by atoms with E-state index < -0.39 is 28.5 Å². The van der Waals surface area contributed by atoms with Crippen molar-refractivity contribution in [2.24, 2.45) is 0 Å². The fourth-order valence-electron chi connectivity index (χ4n) is 4.41. The molecular weight excluding hydrogens is 578 g/mol. The molecule has 0 aliphatic carbocycles. The second-order valence-corrected chi connectivity index (χ2v) is 11.9. The van der Waals surface area contributed by atoms with Crippen molar-refractivity contribution in [3.63, 3.8) is 0 Å². The topological polar surface area (TPSA) is 105 Å². The number of nitrogens with zero attached hydrogens (tertiary/aromatic N) is 2. The number of halogens is 1. The molecule has 3 aromatic carbocycles. The van der Waals surface area contributed by atoms with Crippen molar-refractivity contribution < 1.29 is 27.5 Å². The molecule has 1 atom stereocenters. The van der Waals surface area contributed by atoms with Gasteiger partial charge in [0.25, 0.3) is 10.0 Å². The average Bonchev–Trinajstić information content (AvgIpc) is 3.00. The Bertz CT molecular complexity index is 1430. The Kier molecular flexibility index (Phi) is 12.1. The lowest BCUT2D eigenvalue weighted by Crippen LogP contribution is -2.52. The predicted molar refractivity (Wildman–Crippen MR) is 165 cm³/mol. The summed E-state index contributed by atoms with van der Waals surface area (Å²) in [6, 6.07) is 18.7. The summed E-state index contributed by atoms with van der Waals surface area (Å²) in [5.74, 6) is 0.171. The number of hydrogen-bond acceptors (Lipinski definition) is 6. The average molecular weight is 616 g/mol. The van der Waals surface area contributed by atoms with Crippen LogP contribution in [-0.2, 0) is 26.2 Å². The number of amides is 2. The number of hydrogen-bond donors (Lipinski definition) is 1. The second-order valence-electron chi connectivity index (χ2n) is 9.58. The molecule has 0 aromatic heterocycles. The summed E-state index contributed by atoms with van der Waals surface area (Å²) >= 11 is 6.37. The fourth-order valence-corrected chi connectivity index (χ4v) is 6.09. The number of anilines is 1. The number of sulfonamides is 1. The van der Waals surface area contributed by atoms with E-state index in [4.69, 9.17) is 21.1 Å². The maximum Gasteiger partial charge on any atom is 0.264 e. The minimum Gasteiger partial charge on any atom is -0.497 e. The van der Waals surface area contributed by atoms with E-state index in [9.17, 15) is 18.0 Å². The molecule has 0 heterocycles. The molecule has 0 spiro atoms. The summed E-state index contributed by atoms with van der Waals surface area (Å²) in [6.07, 6.45) is 2.04. The molecule has 1 N–H and O–H groups in total. The molecule has 3 rings (SSSR count). The number of carbonyl (C=O) groups excluding carboxylic acids is 2. The van der Waals surface area contributed by atoms with Crippen molar-refractivity contribution in [3.05, 3.63) is 83.4 Å². The summed E-state index contributed by atoms with van der Waals surface area (Å²) in [5.41, 5.74) is 0.941. The van der Waals surface area contributed by atoms with Crippen LogP contribution >= 0.6 is 11.6 Å². The number of carbonyl (C=O) groups is 2. The van der Waals surface area contributed by atoms with Gasteiger partial charge in [-0.15, -0.1) is 0 Å². The van der Waals surface area contributed by atoms with Crippen LogP contribution in [0.25, 0.3) is 0 Å². The third-order valence-electron chi connectivity index (χ3n) is 6.76. The SMILES string of the molecule is CCCCNC(=O)[C@H](CC)N(Cc1ccc(OC)cc1)C(=O)CN(c1ccc(OC)c(Cl)c1)S(=O)(=O)c1ccccc1. The highest BCUT2D eigenvalue weighted by Gasteiger charge is 2.33. The maximum absolute atomic E-state index is 14.1. The van der Waals surface area contributed by atoms with Crippen LogP contribution in [0.1, 0.15) is 38.7 Å². The summed E-state index contributed by atoms with van der Waals surface area (Å²) in [6.45, 7) is 3.85. The molecule has 0 aliphatic rings. The molecule has 11 heteroatoms. The molecule has 0 aliphatic heterocycles. The van der Waals surface area contributed by atoms with Gasteiger partial charge >= 0.3 is 0 Å². The molecule has 2 amide bonds. The van der Waals surface area contributed by atoms with E-state index in [1.54, 1.807) is 43.5 Å². The van der Waals surface area contributed by atoms with Gasteiger partial charge in [0.05, 0.1) is 29.8 Å². The van der Waals surface area contributed by atoms with Gasteiger partial charge in [0.2, 0.25) is 11.8 Å². The Labute approximate surface area is 253 Å². The second kappa shape index (κ2) is 15.5. The van der Waals surface area contributed by atoms with E-state index in [-0.39, 0.29) is 28.1 Å². The Balaban J connectivity index is 2.05. The van der Waals surface area contributed by atoms with Gasteiger partial charge in [-0.05, 0) is 60.9 Å². The highest BCUT2D eigenvalue weighted by molar-refractivity contribution is 7.92. The number of unbranched alkanes of at least 4 members (excludes halogenated alkanes) is 1. The third kappa shape index (κ3) is 8.17. The first kappa shape index (κ1) is 32.8. The zero-order chi connectivity index (χ0) is 30.7. The Morgan fingerprint density at radius 3 is 2.21 bits per heavy atom. The predicted octanol–water partition coefficient (Wildman–Crippen LogP) is 5.28. The van der Waals surface area contributed by atoms with E-state index in [2.05, 4.69) is 5.32 Å². The summed E-state index contributed by atoms with van der Waals surface area (Å²) < 4.78 is 39.3. The van der Waals surface area contributed by atoms with Crippen LogP contribution in [0.3, 0.4) is 0 Å². The van der Waals surface area contributed by atoms with Crippen molar-refractivity contribution in [1.29, 1.82) is 0 Å². The van der Waals surface area contributed by atoms with Gasteiger partial charge < -0.3 is 19.7 Å². The number of ether oxygens (including phenoxy) is 2. The number of benzene rings is 3. The van der Waals surface area contributed by atoms with Gasteiger partial charge in [-0.2, -0.15) is 0 Å². The largest absolute Gasteiger partial charge is 0.497 e. The first-order chi connectivity index (χ1) is 20.2. The van der Waals surface area contributed by atoms with E-state index in [1.807, 2.05) is 26.0 Å². The number of methoxy groups -OCH3 is 2. The highest BCUT2D eigenvalue weighted by Crippen LogP contribution is 2.32. The third-order valence-corrected chi connectivity index (χ3v) is 8.84. The van der Waals surface area contributed by atoms with E-state index >= 15 is 0 Å². The molecule has 3 aromatic rings. The van der Waals surface area contributed by atoms with Gasteiger partial charge in [-0.3, -0.25) is 13.9 Å². The molecule has 9 nitrogen and oxygen atoms in total. The van der Waals surface area contributed by atoms with Gasteiger partial charge in [-0.25, -0.2) is 8.42 Å². The van der Waals surface area contributed by atoms with Crippen molar-refractivity contribution >= 4 is 39.1 Å². The van der Waals surface area contributed by atoms with Crippen molar-refractivity contribution in [1.82, 2.24) is 10.2 Å². The summed E-state index contributed by atoms with van der Waals surface area (Å²) in [4.78, 5) is 28.9. The fraction of sp³-hybridized carbons (Fsp3) is 0.355. The van der Waals surface area contributed by atoms with Crippen molar-refractivity contribution in [2.75, 3.05) is 31.6 Å². The van der Waals surface area contributed by atoms with E-state index in [1.165, 1.54) is 36.3 Å². The first-order valence-corrected chi connectivity index (χ1v) is 15.6. The lowest BCUT2D eigenvalue weighted by atomic mass is 10.1. The zero-order valence-electron chi connectivity index (χ0n) is 24.4. The molecule has 42 heavy (non-hydrogen) atoms. The highest BCUT2D eigenvalue weighted by atomic mass is 35.5. The molecule has 0 bridgehead atoms. The van der Waals surface area contributed by atoms with Crippen LogP contribution in [0.5, 0.6) is 11.5 Å². The van der Waals surface area contributed by atoms with Crippen molar-refractivity contribution in [2.45, 2.75) is 50.6 Å². The Morgan fingerprint density at radius 1 is 0.952 bits per heavy atom. The molecule has 0 saturated heterocycles. The van der Waals surface area contributed by atoms with Crippen LogP contribution in [0.4, 0.5) is 5.69 Å². The molecule has 0 radical (unpaired) electrons. The van der Waals surface area contributed by atoms with Crippen LogP contribution in [0.15, 0.2) is 77.7 Å². The molecule has 0 saturated carbocycles. The Morgan fingerprint density at radius 2 is 1.64 bits per heavy atom. The quantitative estimate of drug-likeness (QED) is 0.233. The van der Waals surface area contributed by atoms with Gasteiger partial charge in [-0.1, -0.05) is 62.2 Å². The first-order valence-electron chi connectivity index (χ1n) is 13.8. The van der Waals surface area contributed by atoms with E-state index in [0.29, 0.717) is 24.5 Å². The number of nitrogens with one attached hydrogen (secondary N) is 1. The standard InChI is InChI=1S/C31H38ClN3O6S/c1-5-7-19-33-31(37)28(6-2)34(21-23-13-16-25(40-3)17-14-23)30(36)22-35(24-15-18-29(41-4)27(32)20-24)42(38,39)26-11-9-8-10-12-26/h8-18,20,28H,5-7,19,21-22H2,1-4H3,(H,33,37)/t28-/m0/s1. The summed E-state index contributed by atoms with van der Waals surface area (Å²) in [5, 5.41) is 3.11. The molecular formula is C31H38ClN3O6S.